The summed E-state index contributed by atoms with van der Waals surface area (Å²) >= 11 is 0. The Morgan fingerprint density at radius 3 is 2.53 bits per heavy atom. The predicted molar refractivity (Wildman–Crippen MR) is 71.5 cm³/mol. The molecule has 5 heteroatoms. The van der Waals surface area contributed by atoms with Gasteiger partial charge in [-0.05, 0) is 44.5 Å². The Labute approximate surface area is 112 Å². The molecule has 0 aromatic heterocycles. The van der Waals surface area contributed by atoms with E-state index in [-0.39, 0.29) is 6.04 Å². The minimum Gasteiger partial charge on any atom is -0.478 e. The van der Waals surface area contributed by atoms with Gasteiger partial charge in [-0.2, -0.15) is 0 Å². The van der Waals surface area contributed by atoms with Gasteiger partial charge < -0.3 is 19.9 Å². The lowest BCUT2D eigenvalue weighted by Gasteiger charge is -2.35. The van der Waals surface area contributed by atoms with E-state index >= 15 is 0 Å². The zero-order valence-electron chi connectivity index (χ0n) is 11.4. The van der Waals surface area contributed by atoms with Gasteiger partial charge in [0.15, 0.2) is 5.79 Å². The second-order valence-electron chi connectivity index (χ2n) is 5.20. The predicted octanol–water partition coefficient (Wildman–Crippen LogP) is 2.26. The molecule has 2 rings (SSSR count). The van der Waals surface area contributed by atoms with Crippen LogP contribution in [0, 0.1) is 6.92 Å². The topological polar surface area (TPSA) is 67.8 Å². The highest BCUT2D eigenvalue weighted by molar-refractivity contribution is 5.88. The van der Waals surface area contributed by atoms with E-state index in [2.05, 4.69) is 5.32 Å². The first-order chi connectivity index (χ1) is 8.87. The molecule has 5 nitrogen and oxygen atoms in total. The fraction of sp³-hybridized carbons (Fsp3) is 0.500. The van der Waals surface area contributed by atoms with E-state index in [1.54, 1.807) is 18.2 Å². The van der Waals surface area contributed by atoms with Gasteiger partial charge >= 0.3 is 5.97 Å². The number of carboxylic acids is 1. The second kappa shape index (κ2) is 5.19. The average molecular weight is 265 g/mol. The summed E-state index contributed by atoms with van der Waals surface area (Å²) in [7, 11) is 0. The van der Waals surface area contributed by atoms with Crippen molar-refractivity contribution in [3.05, 3.63) is 29.3 Å². The van der Waals surface area contributed by atoms with Crippen molar-refractivity contribution in [2.45, 2.75) is 32.6 Å². The van der Waals surface area contributed by atoms with Crippen molar-refractivity contribution >= 4 is 11.7 Å². The summed E-state index contributed by atoms with van der Waals surface area (Å²) in [5, 5.41) is 12.2. The third kappa shape index (κ3) is 3.45. The van der Waals surface area contributed by atoms with Crippen molar-refractivity contribution in [1.82, 2.24) is 0 Å². The number of aryl methyl sites for hydroxylation is 1. The average Bonchev–Trinajstić information content (AvgIpc) is 2.34. The molecule has 0 saturated carbocycles. The maximum Gasteiger partial charge on any atom is 0.335 e. The molecule has 1 fully saturated rings. The summed E-state index contributed by atoms with van der Waals surface area (Å²) in [6.45, 7) is 6.77. The molecule has 1 saturated heterocycles. The molecule has 1 heterocycles. The Morgan fingerprint density at radius 2 is 2.00 bits per heavy atom. The van der Waals surface area contributed by atoms with Crippen LogP contribution in [0.25, 0.3) is 0 Å². The molecule has 19 heavy (non-hydrogen) atoms. The number of anilines is 1. The molecular weight excluding hydrogens is 246 g/mol. The molecule has 1 aliphatic heterocycles. The summed E-state index contributed by atoms with van der Waals surface area (Å²) < 4.78 is 11.1. The van der Waals surface area contributed by atoms with Crippen LogP contribution in [0.2, 0.25) is 0 Å². The first kappa shape index (κ1) is 13.8. The van der Waals surface area contributed by atoms with Gasteiger partial charge in [0.1, 0.15) is 0 Å². The van der Waals surface area contributed by atoms with Crippen LogP contribution < -0.4 is 5.32 Å². The third-order valence-electron chi connectivity index (χ3n) is 3.10. The number of carbonyl (C=O) groups is 1. The highest BCUT2D eigenvalue weighted by atomic mass is 16.7. The Hall–Kier alpha value is -1.59. The van der Waals surface area contributed by atoms with Crippen LogP contribution in [0.15, 0.2) is 18.2 Å². The monoisotopic (exact) mass is 265 g/mol. The smallest absolute Gasteiger partial charge is 0.335 e. The summed E-state index contributed by atoms with van der Waals surface area (Å²) in [5.74, 6) is -1.44. The van der Waals surface area contributed by atoms with Crippen LogP contribution in [0.5, 0.6) is 0 Å². The number of rotatable bonds is 3. The SMILES string of the molecule is Cc1cc(C(=O)O)ccc1NC1COC(C)(C)OC1. The van der Waals surface area contributed by atoms with Crippen LogP contribution in [0.1, 0.15) is 29.8 Å². The van der Waals surface area contributed by atoms with Crippen LogP contribution in [0.3, 0.4) is 0 Å². The third-order valence-corrected chi connectivity index (χ3v) is 3.10. The highest BCUT2D eigenvalue weighted by Crippen LogP contribution is 2.22. The number of nitrogens with one attached hydrogen (secondary N) is 1. The zero-order valence-corrected chi connectivity index (χ0v) is 11.4. The highest BCUT2D eigenvalue weighted by Gasteiger charge is 2.28. The van der Waals surface area contributed by atoms with E-state index in [9.17, 15) is 4.79 Å². The quantitative estimate of drug-likeness (QED) is 0.877. The van der Waals surface area contributed by atoms with Crippen molar-refractivity contribution < 1.29 is 19.4 Å². The van der Waals surface area contributed by atoms with E-state index < -0.39 is 11.8 Å². The number of ether oxygens (including phenoxy) is 2. The van der Waals surface area contributed by atoms with Gasteiger partial charge in [0.2, 0.25) is 0 Å². The Kier molecular flexibility index (Phi) is 3.78. The van der Waals surface area contributed by atoms with E-state index in [1.807, 2.05) is 20.8 Å². The van der Waals surface area contributed by atoms with Crippen molar-refractivity contribution in [2.24, 2.45) is 0 Å². The van der Waals surface area contributed by atoms with E-state index in [0.29, 0.717) is 18.8 Å². The molecule has 0 unspecified atom stereocenters. The first-order valence-corrected chi connectivity index (χ1v) is 6.26. The van der Waals surface area contributed by atoms with Crippen LogP contribution in [-0.2, 0) is 9.47 Å². The number of aromatic carboxylic acids is 1. The zero-order chi connectivity index (χ0) is 14.0. The fourth-order valence-corrected chi connectivity index (χ4v) is 1.95. The van der Waals surface area contributed by atoms with Crippen LogP contribution in [-0.4, -0.2) is 36.1 Å². The number of carboxylic acid groups (broad SMARTS) is 1. The molecule has 0 amide bonds. The molecule has 0 aliphatic carbocycles. The van der Waals surface area contributed by atoms with Crippen molar-refractivity contribution in [3.8, 4) is 0 Å². The number of hydrogen-bond donors (Lipinski definition) is 2. The molecule has 1 aromatic rings. The molecule has 0 bridgehead atoms. The van der Waals surface area contributed by atoms with Crippen molar-refractivity contribution in [1.29, 1.82) is 0 Å². The van der Waals surface area contributed by atoms with Gasteiger partial charge in [0, 0.05) is 5.69 Å². The second-order valence-corrected chi connectivity index (χ2v) is 5.20. The van der Waals surface area contributed by atoms with Gasteiger partial charge in [-0.25, -0.2) is 4.79 Å². The van der Waals surface area contributed by atoms with Crippen molar-refractivity contribution in [3.63, 3.8) is 0 Å². The van der Waals surface area contributed by atoms with E-state index in [1.165, 1.54) is 0 Å². The number of hydrogen-bond acceptors (Lipinski definition) is 4. The van der Waals surface area contributed by atoms with Crippen molar-refractivity contribution in [2.75, 3.05) is 18.5 Å². The maximum atomic E-state index is 10.9. The molecule has 2 N–H and O–H groups in total. The lowest BCUT2D eigenvalue weighted by molar-refractivity contribution is -0.247. The molecular formula is C14H19NO4. The minimum atomic E-state index is -0.916. The standard InChI is InChI=1S/C14H19NO4/c1-9-6-10(13(16)17)4-5-12(9)15-11-7-18-14(2,3)19-8-11/h4-6,11,15H,7-8H2,1-3H3,(H,16,17). The Morgan fingerprint density at radius 1 is 1.37 bits per heavy atom. The summed E-state index contributed by atoms with van der Waals surface area (Å²) in [5.41, 5.74) is 2.09. The number of benzene rings is 1. The lowest BCUT2D eigenvalue weighted by atomic mass is 10.1. The van der Waals surface area contributed by atoms with Gasteiger partial charge in [0.25, 0.3) is 0 Å². The fourth-order valence-electron chi connectivity index (χ4n) is 1.95. The largest absolute Gasteiger partial charge is 0.478 e. The molecule has 1 aromatic carbocycles. The molecule has 0 spiro atoms. The van der Waals surface area contributed by atoms with Gasteiger partial charge in [-0.1, -0.05) is 0 Å². The van der Waals surface area contributed by atoms with Gasteiger partial charge in [-0.15, -0.1) is 0 Å². The summed E-state index contributed by atoms with van der Waals surface area (Å²) in [6, 6.07) is 5.09. The van der Waals surface area contributed by atoms with Gasteiger partial charge in [0.05, 0.1) is 24.8 Å². The molecule has 1 aliphatic rings. The molecule has 0 atom stereocenters. The summed E-state index contributed by atoms with van der Waals surface area (Å²) in [4.78, 5) is 10.9. The first-order valence-electron chi connectivity index (χ1n) is 6.26. The van der Waals surface area contributed by atoms with Crippen LogP contribution in [0.4, 0.5) is 5.69 Å². The van der Waals surface area contributed by atoms with E-state index in [4.69, 9.17) is 14.6 Å². The Bertz CT molecular complexity index is 474. The normalized spacial score (nSPS) is 19.1. The molecule has 104 valence electrons. The summed E-state index contributed by atoms with van der Waals surface area (Å²) in [6.07, 6.45) is 0. The van der Waals surface area contributed by atoms with Crippen LogP contribution >= 0.6 is 0 Å². The Balaban J connectivity index is 2.02. The van der Waals surface area contributed by atoms with E-state index in [0.717, 1.165) is 11.3 Å². The van der Waals surface area contributed by atoms with Gasteiger partial charge in [-0.3, -0.25) is 0 Å². The lowest BCUT2D eigenvalue weighted by Crippen LogP contribution is -2.45. The molecule has 0 radical (unpaired) electrons. The maximum absolute atomic E-state index is 10.9. The minimum absolute atomic E-state index is 0.0717.